The minimum absolute atomic E-state index is 0.176. The van der Waals surface area contributed by atoms with Gasteiger partial charge in [-0.25, -0.2) is 0 Å². The second kappa shape index (κ2) is 7.92. The SMILES string of the molecule is OCC1OC(c2ccc(Cl)c(Cc3ccc(O)cc3)c2)[C@H](O)[C@@H](O)[C@@H]1O. The smallest absolute Gasteiger partial charge is 0.115 e. The van der Waals surface area contributed by atoms with E-state index in [1.165, 1.54) is 0 Å². The summed E-state index contributed by atoms with van der Waals surface area (Å²) in [6.07, 6.45) is -5.52. The number of aliphatic hydroxyl groups excluding tert-OH is 4. The summed E-state index contributed by atoms with van der Waals surface area (Å²) in [4.78, 5) is 0. The Bertz CT molecular complexity index is 748. The quantitative estimate of drug-likeness (QED) is 0.544. The molecule has 140 valence electrons. The zero-order chi connectivity index (χ0) is 18.8. The van der Waals surface area contributed by atoms with Crippen LogP contribution in [0.4, 0.5) is 0 Å². The maximum atomic E-state index is 10.3. The Morgan fingerprint density at radius 2 is 1.62 bits per heavy atom. The highest BCUT2D eigenvalue weighted by atomic mass is 35.5. The second-order valence-corrected chi connectivity index (χ2v) is 6.85. The molecule has 1 aliphatic rings. The van der Waals surface area contributed by atoms with Gasteiger partial charge in [-0.15, -0.1) is 0 Å². The van der Waals surface area contributed by atoms with E-state index in [0.717, 1.165) is 11.1 Å². The Balaban J connectivity index is 1.87. The molecule has 2 unspecified atom stereocenters. The number of rotatable bonds is 4. The zero-order valence-corrected chi connectivity index (χ0v) is 14.6. The summed E-state index contributed by atoms with van der Waals surface area (Å²) in [6.45, 7) is -0.477. The molecule has 0 aromatic heterocycles. The fourth-order valence-electron chi connectivity index (χ4n) is 3.12. The largest absolute Gasteiger partial charge is 0.508 e. The van der Waals surface area contributed by atoms with Gasteiger partial charge < -0.3 is 30.3 Å². The number of phenols is 1. The number of hydrogen-bond donors (Lipinski definition) is 5. The second-order valence-electron chi connectivity index (χ2n) is 6.44. The van der Waals surface area contributed by atoms with Crippen LogP contribution in [0.2, 0.25) is 5.02 Å². The van der Waals surface area contributed by atoms with Gasteiger partial charge in [-0.2, -0.15) is 0 Å². The highest BCUT2D eigenvalue weighted by molar-refractivity contribution is 6.31. The number of aliphatic hydroxyl groups is 4. The predicted octanol–water partition coefficient (Wildman–Crippen LogP) is 1.15. The molecule has 1 saturated heterocycles. The molecule has 0 radical (unpaired) electrons. The number of hydrogen-bond acceptors (Lipinski definition) is 6. The molecule has 0 saturated carbocycles. The van der Waals surface area contributed by atoms with Gasteiger partial charge >= 0.3 is 0 Å². The molecule has 5 N–H and O–H groups in total. The molecule has 3 rings (SSSR count). The fourth-order valence-corrected chi connectivity index (χ4v) is 3.30. The molecular formula is C19H21ClO6. The number of ether oxygens (including phenoxy) is 1. The van der Waals surface area contributed by atoms with Crippen molar-refractivity contribution in [3.05, 3.63) is 64.2 Å². The number of benzene rings is 2. The van der Waals surface area contributed by atoms with E-state index in [9.17, 15) is 25.5 Å². The van der Waals surface area contributed by atoms with Crippen LogP contribution in [-0.4, -0.2) is 56.6 Å². The number of halogens is 1. The van der Waals surface area contributed by atoms with E-state index in [2.05, 4.69) is 0 Å². The molecule has 1 fully saturated rings. The van der Waals surface area contributed by atoms with Crippen molar-refractivity contribution in [2.45, 2.75) is 36.9 Å². The van der Waals surface area contributed by atoms with Gasteiger partial charge in [0, 0.05) is 5.02 Å². The summed E-state index contributed by atoms with van der Waals surface area (Å²) in [5, 5.41) is 49.4. The third-order valence-electron chi connectivity index (χ3n) is 4.62. The molecular weight excluding hydrogens is 360 g/mol. The average molecular weight is 381 g/mol. The van der Waals surface area contributed by atoms with Crippen LogP contribution in [-0.2, 0) is 11.2 Å². The van der Waals surface area contributed by atoms with E-state index in [-0.39, 0.29) is 5.75 Å². The minimum Gasteiger partial charge on any atom is -0.508 e. The van der Waals surface area contributed by atoms with E-state index in [0.29, 0.717) is 17.0 Å². The van der Waals surface area contributed by atoms with Crippen LogP contribution < -0.4 is 0 Å². The first-order valence-electron chi connectivity index (χ1n) is 8.27. The average Bonchev–Trinajstić information content (AvgIpc) is 2.64. The molecule has 0 bridgehead atoms. The standard InChI is InChI=1S/C19H21ClO6/c20-14-6-3-11(8-12(14)7-10-1-4-13(22)5-2-10)19-18(25)17(24)16(23)15(9-21)26-19/h1-6,8,15-19,21-25H,7,9H2/t15?,16-,17+,18-,19?/m1/s1. The fraction of sp³-hybridized carbons (Fsp3) is 0.368. The lowest BCUT2D eigenvalue weighted by atomic mass is 9.90. The van der Waals surface area contributed by atoms with Crippen LogP contribution in [0.5, 0.6) is 5.75 Å². The van der Waals surface area contributed by atoms with Crippen LogP contribution in [0.25, 0.3) is 0 Å². The Hall–Kier alpha value is -1.67. The van der Waals surface area contributed by atoms with Crippen molar-refractivity contribution in [2.24, 2.45) is 0 Å². The first-order valence-corrected chi connectivity index (χ1v) is 8.65. The third kappa shape index (κ3) is 3.86. The highest BCUT2D eigenvalue weighted by Crippen LogP contribution is 2.34. The van der Waals surface area contributed by atoms with E-state index >= 15 is 0 Å². The van der Waals surface area contributed by atoms with E-state index in [4.69, 9.17) is 16.3 Å². The van der Waals surface area contributed by atoms with Crippen molar-refractivity contribution < 1.29 is 30.3 Å². The minimum atomic E-state index is -1.43. The third-order valence-corrected chi connectivity index (χ3v) is 4.99. The lowest BCUT2D eigenvalue weighted by molar-refractivity contribution is -0.231. The highest BCUT2D eigenvalue weighted by Gasteiger charge is 2.43. The Morgan fingerprint density at radius 3 is 2.27 bits per heavy atom. The topological polar surface area (TPSA) is 110 Å². The molecule has 1 heterocycles. The normalized spacial score (nSPS) is 28.9. The van der Waals surface area contributed by atoms with Crippen molar-refractivity contribution in [3.8, 4) is 5.75 Å². The maximum Gasteiger partial charge on any atom is 0.115 e. The van der Waals surface area contributed by atoms with Crippen LogP contribution in [0.3, 0.4) is 0 Å². The van der Waals surface area contributed by atoms with Gasteiger partial charge in [-0.1, -0.05) is 35.9 Å². The molecule has 26 heavy (non-hydrogen) atoms. The maximum absolute atomic E-state index is 10.3. The first-order chi connectivity index (χ1) is 12.4. The number of aromatic hydroxyl groups is 1. The molecule has 7 heteroatoms. The molecule has 0 amide bonds. The Kier molecular flexibility index (Phi) is 5.82. The summed E-state index contributed by atoms with van der Waals surface area (Å²) in [6, 6.07) is 11.9. The van der Waals surface area contributed by atoms with E-state index in [1.54, 1.807) is 42.5 Å². The van der Waals surface area contributed by atoms with Crippen molar-refractivity contribution in [1.29, 1.82) is 0 Å². The molecule has 2 aromatic carbocycles. The monoisotopic (exact) mass is 380 g/mol. The predicted molar refractivity (Wildman–Crippen MR) is 95.1 cm³/mol. The van der Waals surface area contributed by atoms with E-state index < -0.39 is 37.1 Å². The Labute approximate surface area is 155 Å². The Morgan fingerprint density at radius 1 is 0.923 bits per heavy atom. The van der Waals surface area contributed by atoms with Gasteiger partial charge in [0.1, 0.15) is 36.3 Å². The van der Waals surface area contributed by atoms with Gasteiger partial charge in [-0.05, 0) is 41.3 Å². The van der Waals surface area contributed by atoms with Gasteiger partial charge in [0.25, 0.3) is 0 Å². The zero-order valence-electron chi connectivity index (χ0n) is 13.9. The van der Waals surface area contributed by atoms with Crippen molar-refractivity contribution in [3.63, 3.8) is 0 Å². The summed E-state index contributed by atoms with van der Waals surface area (Å²) >= 11 is 6.28. The van der Waals surface area contributed by atoms with Gasteiger partial charge in [0.2, 0.25) is 0 Å². The van der Waals surface area contributed by atoms with Gasteiger partial charge in [-0.3, -0.25) is 0 Å². The summed E-state index contributed by atoms with van der Waals surface area (Å²) in [5.41, 5.74) is 2.31. The molecule has 0 aliphatic carbocycles. The summed E-state index contributed by atoms with van der Waals surface area (Å²) < 4.78 is 5.59. The first kappa shape index (κ1) is 19.1. The van der Waals surface area contributed by atoms with Crippen LogP contribution in [0, 0.1) is 0 Å². The lowest BCUT2D eigenvalue weighted by Crippen LogP contribution is -2.55. The van der Waals surface area contributed by atoms with Gasteiger partial charge in [0.15, 0.2) is 0 Å². The van der Waals surface area contributed by atoms with Crippen LogP contribution in [0.1, 0.15) is 22.8 Å². The summed E-state index contributed by atoms with van der Waals surface area (Å²) in [7, 11) is 0. The summed E-state index contributed by atoms with van der Waals surface area (Å²) in [5.74, 6) is 0.176. The van der Waals surface area contributed by atoms with Crippen molar-refractivity contribution >= 4 is 11.6 Å². The van der Waals surface area contributed by atoms with E-state index in [1.807, 2.05) is 0 Å². The molecule has 0 spiro atoms. The molecule has 1 aliphatic heterocycles. The molecule has 2 aromatic rings. The number of phenolic OH excluding ortho intramolecular Hbond substituents is 1. The molecule has 6 nitrogen and oxygen atoms in total. The van der Waals surface area contributed by atoms with Crippen LogP contribution >= 0.6 is 11.6 Å². The van der Waals surface area contributed by atoms with Crippen molar-refractivity contribution in [1.82, 2.24) is 0 Å². The van der Waals surface area contributed by atoms with Gasteiger partial charge in [0.05, 0.1) is 6.61 Å². The van der Waals surface area contributed by atoms with Crippen molar-refractivity contribution in [2.75, 3.05) is 6.61 Å². The lowest BCUT2D eigenvalue weighted by Gasteiger charge is -2.40. The molecule has 5 atom stereocenters. The van der Waals surface area contributed by atoms with Crippen LogP contribution in [0.15, 0.2) is 42.5 Å².